The Bertz CT molecular complexity index is 927. The lowest BCUT2D eigenvalue weighted by molar-refractivity contribution is 0.00942. The molecule has 28 heavy (non-hydrogen) atoms. The fraction of sp³-hybridized carbons (Fsp3) is 0.391. The molecule has 5 heterocycles. The molecule has 3 aliphatic heterocycles. The Labute approximate surface area is 164 Å². The topological polar surface area (TPSA) is 58.4 Å². The smallest absolute Gasteiger partial charge is 0.287 e. The third-order valence-corrected chi connectivity index (χ3v) is 6.36. The largest absolute Gasteiger partial charge is 0.451 e. The van der Waals surface area contributed by atoms with Crippen LogP contribution in [-0.2, 0) is 6.42 Å². The maximum Gasteiger partial charge on any atom is 0.287 e. The first-order valence-electron chi connectivity index (χ1n) is 10.2. The van der Waals surface area contributed by atoms with Gasteiger partial charge in [-0.05, 0) is 68.5 Å². The molecule has 3 saturated heterocycles. The highest BCUT2D eigenvalue weighted by atomic mass is 16.3. The maximum absolute atomic E-state index is 12.9. The number of carbonyl (C=O) groups is 1. The van der Waals surface area contributed by atoms with Gasteiger partial charge in [0.05, 0.1) is 0 Å². The number of aryl methyl sites for hydroxylation is 1. The first-order chi connectivity index (χ1) is 13.8. The lowest BCUT2D eigenvalue weighted by Gasteiger charge is -2.51. The SMILES string of the molecule is O=C(NC1C2CCN(CC2)C1CCc1cccnc1)c1cc2ccccc2o1. The van der Waals surface area contributed by atoms with Gasteiger partial charge in [0.15, 0.2) is 5.76 Å². The number of aromatic nitrogens is 1. The van der Waals surface area contributed by atoms with Gasteiger partial charge >= 0.3 is 0 Å². The fourth-order valence-corrected chi connectivity index (χ4v) is 4.90. The summed E-state index contributed by atoms with van der Waals surface area (Å²) in [6.07, 6.45) is 8.10. The summed E-state index contributed by atoms with van der Waals surface area (Å²) in [6.45, 7) is 2.28. The maximum atomic E-state index is 12.9. The Kier molecular flexibility index (Phi) is 4.61. The molecule has 2 bridgehead atoms. The van der Waals surface area contributed by atoms with E-state index < -0.39 is 0 Å². The van der Waals surface area contributed by atoms with E-state index in [0.717, 1.165) is 49.7 Å². The summed E-state index contributed by atoms with van der Waals surface area (Å²) in [4.78, 5) is 19.7. The predicted molar refractivity (Wildman–Crippen MR) is 108 cm³/mol. The average molecular weight is 375 g/mol. The van der Waals surface area contributed by atoms with E-state index in [-0.39, 0.29) is 11.9 Å². The van der Waals surface area contributed by atoms with Crippen molar-refractivity contribution in [3.8, 4) is 0 Å². The average Bonchev–Trinajstić information content (AvgIpc) is 3.19. The molecule has 2 aromatic heterocycles. The fourth-order valence-electron chi connectivity index (χ4n) is 4.90. The number of piperidine rings is 3. The molecule has 0 radical (unpaired) electrons. The molecule has 1 aromatic carbocycles. The van der Waals surface area contributed by atoms with E-state index in [0.29, 0.717) is 17.7 Å². The number of amides is 1. The second-order valence-electron chi connectivity index (χ2n) is 7.99. The van der Waals surface area contributed by atoms with Gasteiger partial charge in [-0.1, -0.05) is 24.3 Å². The highest BCUT2D eigenvalue weighted by molar-refractivity contribution is 5.96. The summed E-state index contributed by atoms with van der Waals surface area (Å²) < 4.78 is 5.78. The predicted octanol–water partition coefficient (Wildman–Crippen LogP) is 3.65. The highest BCUT2D eigenvalue weighted by Gasteiger charge is 2.42. The molecule has 3 aliphatic rings. The second kappa shape index (κ2) is 7.40. The van der Waals surface area contributed by atoms with Crippen molar-refractivity contribution in [3.63, 3.8) is 0 Å². The monoisotopic (exact) mass is 375 g/mol. The molecule has 6 rings (SSSR count). The molecule has 2 atom stereocenters. The zero-order chi connectivity index (χ0) is 18.9. The van der Waals surface area contributed by atoms with E-state index in [9.17, 15) is 4.79 Å². The van der Waals surface area contributed by atoms with Crippen LogP contribution in [-0.4, -0.2) is 41.0 Å². The van der Waals surface area contributed by atoms with E-state index in [1.807, 2.05) is 48.8 Å². The first-order valence-corrected chi connectivity index (χ1v) is 10.2. The molecule has 144 valence electrons. The van der Waals surface area contributed by atoms with E-state index in [1.165, 1.54) is 5.56 Å². The quantitative estimate of drug-likeness (QED) is 0.739. The summed E-state index contributed by atoms with van der Waals surface area (Å²) in [5, 5.41) is 4.29. The molecule has 2 unspecified atom stereocenters. The van der Waals surface area contributed by atoms with Crippen molar-refractivity contribution in [2.24, 2.45) is 5.92 Å². The van der Waals surface area contributed by atoms with Gasteiger partial charge in [-0.15, -0.1) is 0 Å². The Morgan fingerprint density at radius 1 is 1.18 bits per heavy atom. The summed E-state index contributed by atoms with van der Waals surface area (Å²) >= 11 is 0. The van der Waals surface area contributed by atoms with Gasteiger partial charge in [-0.2, -0.15) is 0 Å². The highest BCUT2D eigenvalue weighted by Crippen LogP contribution is 2.34. The number of nitrogens with one attached hydrogen (secondary N) is 1. The number of hydrogen-bond acceptors (Lipinski definition) is 4. The number of carbonyl (C=O) groups excluding carboxylic acids is 1. The van der Waals surface area contributed by atoms with Crippen molar-refractivity contribution in [2.45, 2.75) is 37.8 Å². The third-order valence-electron chi connectivity index (χ3n) is 6.36. The number of hydrogen-bond donors (Lipinski definition) is 1. The number of para-hydroxylation sites is 1. The van der Waals surface area contributed by atoms with E-state index >= 15 is 0 Å². The Balaban J connectivity index is 1.33. The lowest BCUT2D eigenvalue weighted by Crippen LogP contribution is -2.63. The number of fused-ring (bicyclic) bond motifs is 4. The van der Waals surface area contributed by atoms with E-state index in [1.54, 1.807) is 0 Å². The molecule has 5 nitrogen and oxygen atoms in total. The summed E-state index contributed by atoms with van der Waals surface area (Å²) in [5.41, 5.74) is 2.02. The molecule has 0 spiro atoms. The summed E-state index contributed by atoms with van der Waals surface area (Å²) in [7, 11) is 0. The Morgan fingerprint density at radius 2 is 2.04 bits per heavy atom. The standard InChI is InChI=1S/C23H25N3O2/c27-23(21-14-18-5-1-2-6-20(18)28-21)25-22-17-9-12-26(13-10-17)19(22)8-7-16-4-3-11-24-15-16/h1-6,11,14-15,17,19,22H,7-10,12-13H2,(H,25,27). The summed E-state index contributed by atoms with van der Waals surface area (Å²) in [5.74, 6) is 0.863. The van der Waals surface area contributed by atoms with Gasteiger partial charge < -0.3 is 9.73 Å². The van der Waals surface area contributed by atoms with Gasteiger partial charge in [0.1, 0.15) is 5.58 Å². The van der Waals surface area contributed by atoms with Crippen LogP contribution in [0.15, 0.2) is 59.3 Å². The number of benzene rings is 1. The molecular formula is C23H25N3O2. The van der Waals surface area contributed by atoms with E-state index in [2.05, 4.69) is 21.3 Å². The van der Waals surface area contributed by atoms with Crippen LogP contribution >= 0.6 is 0 Å². The van der Waals surface area contributed by atoms with Gasteiger partial charge in [-0.25, -0.2) is 0 Å². The van der Waals surface area contributed by atoms with Crippen LogP contribution in [0.1, 0.15) is 35.4 Å². The molecular weight excluding hydrogens is 350 g/mol. The van der Waals surface area contributed by atoms with Crippen LogP contribution in [0.5, 0.6) is 0 Å². The van der Waals surface area contributed by atoms with Crippen molar-refractivity contribution < 1.29 is 9.21 Å². The zero-order valence-corrected chi connectivity index (χ0v) is 15.9. The molecule has 5 heteroatoms. The molecule has 0 saturated carbocycles. The molecule has 0 aliphatic carbocycles. The number of pyridine rings is 1. The molecule has 3 aromatic rings. The van der Waals surface area contributed by atoms with Crippen molar-refractivity contribution in [1.82, 2.24) is 15.2 Å². The minimum atomic E-state index is -0.0960. The van der Waals surface area contributed by atoms with Crippen LogP contribution in [0.2, 0.25) is 0 Å². The Hall–Kier alpha value is -2.66. The van der Waals surface area contributed by atoms with Crippen molar-refractivity contribution in [2.75, 3.05) is 13.1 Å². The minimum absolute atomic E-state index is 0.0960. The van der Waals surface area contributed by atoms with Crippen LogP contribution in [0, 0.1) is 5.92 Å². The second-order valence-corrected chi connectivity index (χ2v) is 7.99. The molecule has 3 fully saturated rings. The van der Waals surface area contributed by atoms with Crippen molar-refractivity contribution in [3.05, 3.63) is 66.2 Å². The normalized spacial score (nSPS) is 26.4. The number of furan rings is 1. The molecule has 1 amide bonds. The van der Waals surface area contributed by atoms with Gasteiger partial charge in [-0.3, -0.25) is 14.7 Å². The zero-order valence-electron chi connectivity index (χ0n) is 15.9. The summed E-state index contributed by atoms with van der Waals surface area (Å²) in [6, 6.07) is 14.3. The van der Waals surface area contributed by atoms with Crippen molar-refractivity contribution in [1.29, 1.82) is 0 Å². The number of nitrogens with zero attached hydrogens (tertiary/aromatic N) is 2. The van der Waals surface area contributed by atoms with Gasteiger partial charge in [0, 0.05) is 29.9 Å². The lowest BCUT2D eigenvalue weighted by atomic mass is 9.77. The van der Waals surface area contributed by atoms with Gasteiger partial charge in [0.2, 0.25) is 0 Å². The first kappa shape index (κ1) is 17.4. The van der Waals surface area contributed by atoms with Crippen molar-refractivity contribution >= 4 is 16.9 Å². The minimum Gasteiger partial charge on any atom is -0.451 e. The van der Waals surface area contributed by atoms with Crippen LogP contribution in [0.25, 0.3) is 11.0 Å². The third kappa shape index (κ3) is 3.31. The Morgan fingerprint density at radius 3 is 2.82 bits per heavy atom. The molecule has 1 N–H and O–H groups in total. The van der Waals surface area contributed by atoms with E-state index in [4.69, 9.17) is 4.42 Å². The van der Waals surface area contributed by atoms with Crippen LogP contribution in [0.3, 0.4) is 0 Å². The van der Waals surface area contributed by atoms with Gasteiger partial charge in [0.25, 0.3) is 5.91 Å². The number of rotatable bonds is 5. The van der Waals surface area contributed by atoms with Crippen LogP contribution in [0.4, 0.5) is 0 Å². The van der Waals surface area contributed by atoms with Crippen LogP contribution < -0.4 is 5.32 Å².